The molecule has 94 heavy (non-hydrogen) atoms. The summed E-state index contributed by atoms with van der Waals surface area (Å²) in [5.41, 5.74) is 9.55. The molecule has 0 saturated heterocycles. The first-order valence-corrected chi connectivity index (χ1v) is 32.0. The van der Waals surface area contributed by atoms with Gasteiger partial charge in [-0.3, -0.25) is 39.3 Å². The highest BCUT2D eigenvalue weighted by atomic mass is 16.6. The van der Waals surface area contributed by atoms with Crippen LogP contribution in [0.25, 0.3) is 33.1 Å². The number of rotatable bonds is 25. The Labute approximate surface area is 544 Å². The Bertz CT molecular complexity index is 4420. The zero-order chi connectivity index (χ0) is 64.5. The number of esters is 2. The number of amides is 1. The maximum atomic E-state index is 14.7. The van der Waals surface area contributed by atoms with Crippen LogP contribution < -0.4 is 15.0 Å². The SMILES string of the molecule is CCc1c2c(nc3ccc(OC(=O)c4ccc(CN(CCCCOc5cc(CN(Cc6ccccn6)Cc6ccccn6)cc(CN(Cc6ccccn6)Cc6ccccn6)c5)C(=O)c5ccc6ccccc6c5)cc4)cc13)-c1cc3c(c(=O)n1C2)COC(=O)C3(O)CC. The van der Waals surface area contributed by atoms with Gasteiger partial charge in [-0.25, -0.2) is 14.6 Å². The van der Waals surface area contributed by atoms with Crippen LogP contribution in [0.15, 0.2) is 212 Å². The van der Waals surface area contributed by atoms with E-state index in [1.807, 2.05) is 164 Å². The van der Waals surface area contributed by atoms with Crippen LogP contribution in [0.1, 0.15) is 116 Å². The number of unbranched alkanes of at least 4 members (excludes halogenated alkanes) is 1. The average Bonchev–Trinajstić information content (AvgIpc) is 1.70. The predicted molar refractivity (Wildman–Crippen MR) is 358 cm³/mol. The highest BCUT2D eigenvalue weighted by Gasteiger charge is 2.45. The van der Waals surface area contributed by atoms with E-state index in [1.54, 1.807) is 47.9 Å². The Morgan fingerprint density at radius 1 is 0.585 bits per heavy atom. The maximum absolute atomic E-state index is 14.7. The molecule has 0 radical (unpaired) electrons. The monoisotopic (exact) mass is 1250 g/mol. The van der Waals surface area contributed by atoms with Crippen molar-refractivity contribution in [3.05, 3.63) is 290 Å². The molecule has 8 heterocycles. The second kappa shape index (κ2) is 28.1. The molecule has 2 aliphatic heterocycles. The highest BCUT2D eigenvalue weighted by molar-refractivity contribution is 5.99. The summed E-state index contributed by atoms with van der Waals surface area (Å²) in [6, 6.07) is 58.4. The highest BCUT2D eigenvalue weighted by Crippen LogP contribution is 2.41. The summed E-state index contributed by atoms with van der Waals surface area (Å²) in [6.45, 7) is 8.56. The Balaban J connectivity index is 0.713. The fourth-order valence-electron chi connectivity index (χ4n) is 12.8. The molecule has 1 unspecified atom stereocenters. The predicted octanol–water partition coefficient (Wildman–Crippen LogP) is 12.5. The minimum atomic E-state index is -1.93. The molecule has 0 aliphatic carbocycles. The van der Waals surface area contributed by atoms with Gasteiger partial charge in [0.2, 0.25) is 0 Å². The van der Waals surface area contributed by atoms with Gasteiger partial charge in [0.05, 0.1) is 64.0 Å². The summed E-state index contributed by atoms with van der Waals surface area (Å²) in [5.74, 6) is -0.359. The fourth-order valence-corrected chi connectivity index (χ4v) is 12.8. The Kier molecular flexibility index (Phi) is 18.6. The molecule has 0 fully saturated rings. The number of benzene rings is 5. The number of aryl methyl sites for hydroxylation is 1. The maximum Gasteiger partial charge on any atom is 0.343 e. The van der Waals surface area contributed by atoms with Gasteiger partial charge in [0.1, 0.15) is 18.1 Å². The quantitative estimate of drug-likeness (QED) is 0.0322. The van der Waals surface area contributed by atoms with Crippen LogP contribution in [0.5, 0.6) is 11.5 Å². The van der Waals surface area contributed by atoms with Crippen LogP contribution in [-0.4, -0.2) is 80.3 Å². The molecule has 6 aromatic heterocycles. The molecule has 5 aromatic carbocycles. The first-order valence-electron chi connectivity index (χ1n) is 32.0. The number of cyclic esters (lactones) is 1. The van der Waals surface area contributed by atoms with Gasteiger partial charge in [-0.1, -0.05) is 86.6 Å². The standard InChI is InChI=1S/C77H71N9O8/c1-3-65-66-41-63(29-30-70(66)82-72-67(65)50-86-71(72)42-69-68(74(86)88)51-93-76(90)77(69,91)4-2)94-75(89)56-25-23-52(24-26-56)45-85(73(87)58-28-27-55-17-5-6-18-57(55)40-58)35-15-16-36-92-64-38-53(43-83(46-59-19-7-11-31-78-59)47-60-20-8-12-32-79-60)37-54(39-64)44-84(48-61-21-9-13-33-80-61)49-62-22-10-14-34-81-62/h5-14,17-34,37-42,91H,3-4,15-16,35-36,43-51H2,1-2H3. The van der Waals surface area contributed by atoms with Crippen molar-refractivity contribution in [3.63, 3.8) is 0 Å². The lowest BCUT2D eigenvalue weighted by Crippen LogP contribution is -2.44. The van der Waals surface area contributed by atoms with Crippen molar-refractivity contribution in [1.29, 1.82) is 0 Å². The second-order valence-corrected chi connectivity index (χ2v) is 24.0. The lowest BCUT2D eigenvalue weighted by molar-refractivity contribution is -0.172. The van der Waals surface area contributed by atoms with Gasteiger partial charge in [0.15, 0.2) is 5.60 Å². The first kappa shape index (κ1) is 62.2. The molecular weight excluding hydrogens is 1180 g/mol. The number of ether oxygens (including phenoxy) is 3. The van der Waals surface area contributed by atoms with E-state index >= 15 is 0 Å². The van der Waals surface area contributed by atoms with E-state index in [0.29, 0.717) is 112 Å². The van der Waals surface area contributed by atoms with Crippen molar-refractivity contribution in [2.75, 3.05) is 13.2 Å². The molecule has 1 amide bonds. The third-order valence-corrected chi connectivity index (χ3v) is 17.6. The molecule has 0 spiro atoms. The normalized spacial score (nSPS) is 14.0. The minimum absolute atomic E-state index is 0.0460. The molecule has 0 bridgehead atoms. The number of fused-ring (bicyclic) bond motifs is 6. The molecular formula is C77H71N9O8. The minimum Gasteiger partial charge on any atom is -0.494 e. The van der Waals surface area contributed by atoms with E-state index in [0.717, 1.165) is 72.5 Å². The zero-order valence-corrected chi connectivity index (χ0v) is 52.6. The van der Waals surface area contributed by atoms with E-state index in [-0.39, 0.29) is 42.2 Å². The Hall–Kier alpha value is -10.6. The van der Waals surface area contributed by atoms with Crippen molar-refractivity contribution in [1.82, 2.24) is 44.2 Å². The largest absolute Gasteiger partial charge is 0.494 e. The van der Waals surface area contributed by atoms with Crippen LogP contribution >= 0.6 is 0 Å². The van der Waals surface area contributed by atoms with Gasteiger partial charge < -0.3 is 28.8 Å². The fraction of sp³-hybridized carbons (Fsp3) is 0.234. The molecule has 17 heteroatoms. The summed E-state index contributed by atoms with van der Waals surface area (Å²) < 4.78 is 19.6. The van der Waals surface area contributed by atoms with Crippen LogP contribution in [-0.2, 0) is 80.5 Å². The molecule has 2 aliphatic rings. The number of hydrogen-bond donors (Lipinski definition) is 1. The van der Waals surface area contributed by atoms with Crippen LogP contribution in [0.4, 0.5) is 0 Å². The Morgan fingerprint density at radius 3 is 1.77 bits per heavy atom. The van der Waals surface area contributed by atoms with Crippen molar-refractivity contribution < 1.29 is 33.7 Å². The van der Waals surface area contributed by atoms with Gasteiger partial charge >= 0.3 is 11.9 Å². The molecule has 11 aromatic rings. The number of hydrogen-bond acceptors (Lipinski definition) is 15. The van der Waals surface area contributed by atoms with Gasteiger partial charge in [0, 0.05) is 99.2 Å². The van der Waals surface area contributed by atoms with E-state index in [1.165, 1.54) is 0 Å². The van der Waals surface area contributed by atoms with Crippen LogP contribution in [0.2, 0.25) is 0 Å². The second-order valence-electron chi connectivity index (χ2n) is 24.0. The number of nitrogens with zero attached hydrogens (tertiary/aromatic N) is 9. The van der Waals surface area contributed by atoms with Crippen LogP contribution in [0.3, 0.4) is 0 Å². The number of aromatic nitrogens is 6. The van der Waals surface area contributed by atoms with E-state index in [2.05, 4.69) is 47.9 Å². The van der Waals surface area contributed by atoms with Crippen LogP contribution in [0, 0.1) is 0 Å². The zero-order valence-electron chi connectivity index (χ0n) is 52.6. The summed E-state index contributed by atoms with van der Waals surface area (Å²) >= 11 is 0. The number of carbonyl (C=O) groups excluding carboxylic acids is 3. The van der Waals surface area contributed by atoms with Gasteiger partial charge in [-0.2, -0.15) is 0 Å². The topological polar surface area (TPSA) is 195 Å². The number of pyridine rings is 6. The summed E-state index contributed by atoms with van der Waals surface area (Å²) in [5, 5.41) is 14.2. The Morgan fingerprint density at radius 2 is 1.18 bits per heavy atom. The lowest BCUT2D eigenvalue weighted by Gasteiger charge is -2.31. The van der Waals surface area contributed by atoms with Gasteiger partial charge in [0.25, 0.3) is 11.5 Å². The van der Waals surface area contributed by atoms with Gasteiger partial charge in [-0.15, -0.1) is 0 Å². The third kappa shape index (κ3) is 13.9. The molecule has 1 N–H and O–H groups in total. The van der Waals surface area contributed by atoms with E-state index in [4.69, 9.17) is 19.2 Å². The smallest absolute Gasteiger partial charge is 0.343 e. The molecule has 13 rings (SSSR count). The van der Waals surface area contributed by atoms with E-state index < -0.39 is 17.5 Å². The third-order valence-electron chi connectivity index (χ3n) is 17.6. The molecule has 1 atom stereocenters. The van der Waals surface area contributed by atoms with Crippen molar-refractivity contribution >= 4 is 39.5 Å². The van der Waals surface area contributed by atoms with Crippen molar-refractivity contribution in [2.45, 2.75) is 104 Å². The average molecular weight is 1250 g/mol. The molecule has 0 saturated carbocycles. The first-order chi connectivity index (χ1) is 45.9. The van der Waals surface area contributed by atoms with Crippen molar-refractivity contribution in [2.24, 2.45) is 0 Å². The van der Waals surface area contributed by atoms with Crippen molar-refractivity contribution in [3.8, 4) is 22.9 Å². The summed E-state index contributed by atoms with van der Waals surface area (Å²) in [6.07, 6.45) is 9.26. The molecule has 17 nitrogen and oxygen atoms in total. The van der Waals surface area contributed by atoms with Gasteiger partial charge in [-0.05, 0) is 168 Å². The summed E-state index contributed by atoms with van der Waals surface area (Å²) in [4.78, 5) is 85.6. The molecule has 472 valence electrons. The summed E-state index contributed by atoms with van der Waals surface area (Å²) in [7, 11) is 0. The number of carbonyl (C=O) groups is 3. The number of aliphatic hydroxyl groups is 1. The van der Waals surface area contributed by atoms with E-state index in [9.17, 15) is 24.3 Å². The lowest BCUT2D eigenvalue weighted by atomic mass is 9.86.